The van der Waals surface area contributed by atoms with E-state index in [4.69, 9.17) is 11.6 Å². The van der Waals surface area contributed by atoms with E-state index in [2.05, 4.69) is 9.71 Å². The lowest BCUT2D eigenvalue weighted by Crippen LogP contribution is -2.28. The summed E-state index contributed by atoms with van der Waals surface area (Å²) in [6.45, 7) is 5.58. The van der Waals surface area contributed by atoms with Gasteiger partial charge in [0.15, 0.2) is 8.68 Å². The van der Waals surface area contributed by atoms with Gasteiger partial charge in [-0.2, -0.15) is 0 Å². The van der Waals surface area contributed by atoms with Gasteiger partial charge >= 0.3 is 0 Å². The van der Waals surface area contributed by atoms with Crippen molar-refractivity contribution in [2.45, 2.75) is 37.4 Å². The molecule has 1 unspecified atom stereocenters. The molecule has 114 valence electrons. The Hall–Kier alpha value is -0.950. The molecule has 0 radical (unpaired) electrons. The molecule has 0 spiro atoms. The van der Waals surface area contributed by atoms with Gasteiger partial charge < -0.3 is 0 Å². The summed E-state index contributed by atoms with van der Waals surface area (Å²) in [5.74, 6) is 0. The number of sulfonamides is 1. The van der Waals surface area contributed by atoms with E-state index in [9.17, 15) is 8.42 Å². The van der Waals surface area contributed by atoms with Crippen molar-refractivity contribution in [2.24, 2.45) is 0 Å². The van der Waals surface area contributed by atoms with Crippen LogP contribution in [0.1, 0.15) is 36.2 Å². The van der Waals surface area contributed by atoms with Crippen molar-refractivity contribution in [1.82, 2.24) is 9.71 Å². The smallest absolute Gasteiger partial charge is 0.229 e. The Morgan fingerprint density at radius 2 is 1.90 bits per heavy atom. The van der Waals surface area contributed by atoms with Crippen LogP contribution in [0.25, 0.3) is 0 Å². The summed E-state index contributed by atoms with van der Waals surface area (Å²) in [7, 11) is -3.62. The molecule has 21 heavy (non-hydrogen) atoms. The van der Waals surface area contributed by atoms with Crippen molar-refractivity contribution in [3.63, 3.8) is 0 Å². The minimum atomic E-state index is -3.62. The molecule has 0 aliphatic heterocycles. The molecule has 1 aromatic carbocycles. The van der Waals surface area contributed by atoms with E-state index >= 15 is 0 Å². The molecule has 0 amide bonds. The van der Waals surface area contributed by atoms with Gasteiger partial charge in [-0.3, -0.25) is 0 Å². The highest BCUT2D eigenvalue weighted by atomic mass is 35.5. The van der Waals surface area contributed by atoms with Gasteiger partial charge in [0, 0.05) is 6.04 Å². The van der Waals surface area contributed by atoms with E-state index in [0.29, 0.717) is 12.1 Å². The van der Waals surface area contributed by atoms with Crippen LogP contribution in [0.4, 0.5) is 0 Å². The summed E-state index contributed by atoms with van der Waals surface area (Å²) < 4.78 is 28.1. The number of hydrogen-bond acceptors (Lipinski definition) is 4. The Bertz CT molecular complexity index is 724. The van der Waals surface area contributed by atoms with Gasteiger partial charge in [0.05, 0.1) is 5.69 Å². The van der Waals surface area contributed by atoms with Crippen LogP contribution in [0.15, 0.2) is 28.5 Å². The third-order valence-electron chi connectivity index (χ3n) is 3.16. The third-order valence-corrected chi connectivity index (χ3v) is 6.50. The van der Waals surface area contributed by atoms with Gasteiger partial charge in [-0.1, -0.05) is 59.7 Å². The highest BCUT2D eigenvalue weighted by molar-refractivity contribution is 7.91. The van der Waals surface area contributed by atoms with E-state index in [1.54, 1.807) is 6.92 Å². The van der Waals surface area contributed by atoms with Crippen molar-refractivity contribution in [2.75, 3.05) is 0 Å². The lowest BCUT2D eigenvalue weighted by atomic mass is 10.0. The molecular weight excluding hydrogens is 328 g/mol. The predicted molar refractivity (Wildman–Crippen MR) is 86.4 cm³/mol. The molecule has 0 bridgehead atoms. The van der Waals surface area contributed by atoms with Crippen LogP contribution in [0.5, 0.6) is 0 Å². The highest BCUT2D eigenvalue weighted by Gasteiger charge is 2.25. The Kier molecular flexibility index (Phi) is 5.03. The van der Waals surface area contributed by atoms with E-state index in [1.165, 1.54) is 0 Å². The fourth-order valence-corrected chi connectivity index (χ4v) is 5.09. The Morgan fingerprint density at radius 1 is 1.29 bits per heavy atom. The molecule has 4 nitrogen and oxygen atoms in total. The second-order valence-electron chi connectivity index (χ2n) is 4.83. The highest BCUT2D eigenvalue weighted by Crippen LogP contribution is 2.28. The number of hydrogen-bond donors (Lipinski definition) is 1. The van der Waals surface area contributed by atoms with Gasteiger partial charge in [-0.05, 0) is 25.8 Å². The fraction of sp³-hybridized carbons (Fsp3) is 0.357. The van der Waals surface area contributed by atoms with Crippen LogP contribution in [0.3, 0.4) is 0 Å². The average molecular weight is 345 g/mol. The molecule has 0 fully saturated rings. The standard InChI is InChI=1S/C14H17ClN2O2S2/c1-4-12(11-7-5-9(2)6-8-11)17-21(18,19)13-10(3)16-14(15)20-13/h5-8,12,17H,4H2,1-3H3. The molecule has 0 saturated heterocycles. The molecule has 7 heteroatoms. The van der Waals surface area contributed by atoms with Crippen LogP contribution in [-0.2, 0) is 10.0 Å². The van der Waals surface area contributed by atoms with Crippen LogP contribution >= 0.6 is 22.9 Å². The SMILES string of the molecule is CCC(NS(=O)(=O)c1sc(Cl)nc1C)c1ccc(C)cc1. The molecule has 0 saturated carbocycles. The number of halogens is 1. The van der Waals surface area contributed by atoms with Crippen LogP contribution in [-0.4, -0.2) is 13.4 Å². The van der Waals surface area contributed by atoms with E-state index in [0.717, 1.165) is 22.5 Å². The summed E-state index contributed by atoms with van der Waals surface area (Å²) in [6, 6.07) is 7.56. The number of rotatable bonds is 5. The first kappa shape index (κ1) is 16.4. The van der Waals surface area contributed by atoms with Gasteiger partial charge in [0.1, 0.15) is 0 Å². The molecule has 1 heterocycles. The zero-order valence-electron chi connectivity index (χ0n) is 12.1. The number of nitrogens with zero attached hydrogens (tertiary/aromatic N) is 1. The summed E-state index contributed by atoms with van der Waals surface area (Å²) >= 11 is 6.77. The second kappa shape index (κ2) is 6.44. The number of thiazole rings is 1. The summed E-state index contributed by atoms with van der Waals surface area (Å²) in [5, 5.41) is 0. The predicted octanol–water partition coefficient (Wildman–Crippen LogP) is 3.84. The minimum absolute atomic E-state index is 0.179. The first-order valence-corrected chi connectivity index (χ1v) is 9.23. The first-order chi connectivity index (χ1) is 9.83. The van der Waals surface area contributed by atoms with Gasteiger partial charge in [-0.25, -0.2) is 18.1 Å². The maximum absolute atomic E-state index is 12.5. The Balaban J connectivity index is 2.29. The summed E-state index contributed by atoms with van der Waals surface area (Å²) in [5.41, 5.74) is 2.51. The quantitative estimate of drug-likeness (QED) is 0.896. The molecule has 2 rings (SSSR count). The number of aromatic nitrogens is 1. The second-order valence-corrected chi connectivity index (χ2v) is 8.32. The normalized spacial score (nSPS) is 13.3. The number of nitrogens with one attached hydrogen (secondary N) is 1. The Labute approximate surface area is 134 Å². The summed E-state index contributed by atoms with van der Waals surface area (Å²) in [6.07, 6.45) is 0.661. The van der Waals surface area contributed by atoms with Crippen molar-refractivity contribution in [3.8, 4) is 0 Å². The zero-order chi connectivity index (χ0) is 15.6. The van der Waals surface area contributed by atoms with Crippen LogP contribution < -0.4 is 4.72 Å². The summed E-state index contributed by atoms with van der Waals surface area (Å²) in [4.78, 5) is 3.96. The van der Waals surface area contributed by atoms with Gasteiger partial charge in [0.25, 0.3) is 10.0 Å². The van der Waals surface area contributed by atoms with Crippen molar-refractivity contribution in [1.29, 1.82) is 0 Å². The molecular formula is C14H17ClN2O2S2. The van der Waals surface area contributed by atoms with Crippen molar-refractivity contribution >= 4 is 33.0 Å². The monoisotopic (exact) mass is 344 g/mol. The maximum Gasteiger partial charge on any atom is 0.252 e. The van der Waals surface area contributed by atoms with Crippen LogP contribution in [0.2, 0.25) is 4.47 Å². The van der Waals surface area contributed by atoms with Crippen LogP contribution in [0, 0.1) is 13.8 Å². The van der Waals surface area contributed by atoms with E-state index in [-0.39, 0.29) is 14.7 Å². The fourth-order valence-electron chi connectivity index (χ4n) is 2.03. The third kappa shape index (κ3) is 3.83. The number of benzene rings is 1. The first-order valence-electron chi connectivity index (χ1n) is 6.55. The minimum Gasteiger partial charge on any atom is -0.229 e. The molecule has 0 aliphatic rings. The molecule has 1 atom stereocenters. The molecule has 1 N–H and O–H groups in total. The molecule has 0 aliphatic carbocycles. The van der Waals surface area contributed by atoms with E-state index in [1.807, 2.05) is 38.1 Å². The maximum atomic E-state index is 12.5. The Morgan fingerprint density at radius 3 is 2.38 bits per heavy atom. The van der Waals surface area contributed by atoms with Gasteiger partial charge in [0.2, 0.25) is 0 Å². The molecule has 2 aromatic rings. The largest absolute Gasteiger partial charge is 0.252 e. The van der Waals surface area contributed by atoms with E-state index < -0.39 is 10.0 Å². The van der Waals surface area contributed by atoms with Crippen molar-refractivity contribution in [3.05, 3.63) is 45.6 Å². The lowest BCUT2D eigenvalue weighted by molar-refractivity contribution is 0.551. The van der Waals surface area contributed by atoms with Gasteiger partial charge in [-0.15, -0.1) is 0 Å². The molecule has 1 aromatic heterocycles. The average Bonchev–Trinajstić information content (AvgIpc) is 2.77. The zero-order valence-corrected chi connectivity index (χ0v) is 14.4. The number of aryl methyl sites for hydroxylation is 2. The topological polar surface area (TPSA) is 59.1 Å². The van der Waals surface area contributed by atoms with Crippen molar-refractivity contribution < 1.29 is 8.42 Å². The lowest BCUT2D eigenvalue weighted by Gasteiger charge is -2.17.